The second kappa shape index (κ2) is 10.3. The van der Waals surface area contributed by atoms with Crippen molar-refractivity contribution in [3.05, 3.63) is 170 Å². The first kappa shape index (κ1) is 27.7. The highest BCUT2D eigenvalue weighted by atomic mass is 16.5. The summed E-state index contributed by atoms with van der Waals surface area (Å²) in [4.78, 5) is 0. The van der Waals surface area contributed by atoms with Gasteiger partial charge in [-0.3, -0.25) is 0 Å². The number of hydrogen-bond acceptors (Lipinski definition) is 2. The maximum atomic E-state index is 6.35. The van der Waals surface area contributed by atoms with Crippen molar-refractivity contribution in [1.82, 2.24) is 9.13 Å². The first-order valence-electron chi connectivity index (χ1n) is 17.7. The van der Waals surface area contributed by atoms with Crippen molar-refractivity contribution in [2.24, 2.45) is 0 Å². The second-order valence-corrected chi connectivity index (χ2v) is 13.7. The van der Waals surface area contributed by atoms with Crippen LogP contribution in [0, 0.1) is 0 Å². The minimum absolute atomic E-state index is 0.878. The first-order valence-corrected chi connectivity index (χ1v) is 17.7. The van der Waals surface area contributed by atoms with E-state index in [1.165, 1.54) is 66.0 Å². The molecule has 0 N–H and O–H groups in total. The van der Waals surface area contributed by atoms with Gasteiger partial charge in [0.2, 0.25) is 0 Å². The van der Waals surface area contributed by atoms with Crippen molar-refractivity contribution < 1.29 is 9.47 Å². The Morgan fingerprint density at radius 1 is 0.308 bits per heavy atom. The summed E-state index contributed by atoms with van der Waals surface area (Å²) in [6.45, 7) is 0. The Kier molecular flexibility index (Phi) is 5.47. The molecule has 52 heavy (non-hydrogen) atoms. The quantitative estimate of drug-likeness (QED) is 0.188. The minimum Gasteiger partial charge on any atom is -0.453 e. The molecule has 0 spiro atoms. The zero-order valence-electron chi connectivity index (χ0n) is 27.9. The summed E-state index contributed by atoms with van der Waals surface area (Å²) < 4.78 is 17.4. The summed E-state index contributed by atoms with van der Waals surface area (Å²) in [6, 6.07) is 60.7. The number of aromatic nitrogens is 2. The fourth-order valence-electron chi connectivity index (χ4n) is 8.61. The molecule has 4 heteroatoms. The molecule has 0 amide bonds. The van der Waals surface area contributed by atoms with Gasteiger partial charge in [0.25, 0.3) is 0 Å². The number of fused-ring (bicyclic) bond motifs is 10. The van der Waals surface area contributed by atoms with E-state index in [0.29, 0.717) is 0 Å². The van der Waals surface area contributed by atoms with Gasteiger partial charge in [-0.05, 0) is 94.0 Å². The highest BCUT2D eigenvalue weighted by molar-refractivity contribution is 6.14. The molecule has 0 radical (unpaired) electrons. The zero-order valence-corrected chi connectivity index (χ0v) is 27.9. The van der Waals surface area contributed by atoms with Crippen LogP contribution in [0.5, 0.6) is 23.0 Å². The van der Waals surface area contributed by atoms with Crippen LogP contribution in [0.1, 0.15) is 0 Å². The fraction of sp³-hybridized carbons (Fsp3) is 0. The number of benzene rings is 8. The molecule has 2 aromatic heterocycles. The molecule has 12 rings (SSSR count). The summed E-state index contributed by atoms with van der Waals surface area (Å²) in [5, 5.41) is 4.83. The summed E-state index contributed by atoms with van der Waals surface area (Å²) in [7, 11) is 0. The molecule has 0 aliphatic carbocycles. The van der Waals surface area contributed by atoms with Gasteiger partial charge in [0.15, 0.2) is 23.0 Å². The van der Waals surface area contributed by atoms with Crippen molar-refractivity contribution in [3.8, 4) is 67.8 Å². The van der Waals surface area contributed by atoms with Gasteiger partial charge in [0.1, 0.15) is 0 Å². The van der Waals surface area contributed by atoms with Crippen LogP contribution in [-0.4, -0.2) is 9.13 Å². The van der Waals surface area contributed by atoms with Crippen molar-refractivity contribution in [3.63, 3.8) is 0 Å². The first-order chi connectivity index (χ1) is 25.8. The molecule has 242 valence electrons. The average Bonchev–Trinajstić information content (AvgIpc) is 3.73. The topological polar surface area (TPSA) is 28.3 Å². The fourth-order valence-corrected chi connectivity index (χ4v) is 8.61. The molecule has 4 heterocycles. The van der Waals surface area contributed by atoms with Crippen LogP contribution in [0.2, 0.25) is 0 Å². The molecule has 0 saturated heterocycles. The molecule has 0 unspecified atom stereocenters. The molecule has 0 saturated carbocycles. The lowest BCUT2D eigenvalue weighted by Crippen LogP contribution is -2.03. The maximum Gasteiger partial charge on any atom is 0.152 e. The molecule has 2 aliphatic heterocycles. The van der Waals surface area contributed by atoms with Crippen molar-refractivity contribution in [2.45, 2.75) is 0 Å². The van der Waals surface area contributed by atoms with Crippen LogP contribution in [-0.2, 0) is 0 Å². The largest absolute Gasteiger partial charge is 0.453 e. The number of ether oxygens (including phenoxy) is 2. The minimum atomic E-state index is 0.878. The van der Waals surface area contributed by atoms with Gasteiger partial charge in [-0.2, -0.15) is 0 Å². The third-order valence-corrected chi connectivity index (χ3v) is 10.9. The number of nitrogens with zero attached hydrogens (tertiary/aromatic N) is 2. The van der Waals surface area contributed by atoms with E-state index in [0.717, 1.165) is 45.4 Å². The monoisotopic (exact) mass is 664 g/mol. The van der Waals surface area contributed by atoms with Crippen LogP contribution >= 0.6 is 0 Å². The SMILES string of the molecule is c1ccc2c(c1)Oc1cccc3c4cc(-c5ccc(-c6ccccc6-c6ccc7c(c6)c6cccc8c6n7-c6ccccc6O8)cc5)ccc4n-2c13. The van der Waals surface area contributed by atoms with E-state index in [-0.39, 0.29) is 0 Å². The van der Waals surface area contributed by atoms with Gasteiger partial charge >= 0.3 is 0 Å². The summed E-state index contributed by atoms with van der Waals surface area (Å²) in [5.41, 5.74) is 13.9. The Morgan fingerprint density at radius 2 is 0.750 bits per heavy atom. The Labute approximate surface area is 298 Å². The van der Waals surface area contributed by atoms with Gasteiger partial charge in [0.05, 0.1) is 33.4 Å². The predicted molar refractivity (Wildman–Crippen MR) is 212 cm³/mol. The Balaban J connectivity index is 0.952. The van der Waals surface area contributed by atoms with Crippen LogP contribution in [0.25, 0.3) is 88.4 Å². The van der Waals surface area contributed by atoms with Crippen LogP contribution in [0.15, 0.2) is 170 Å². The predicted octanol–water partition coefficient (Wildman–Crippen LogP) is 13.1. The third-order valence-electron chi connectivity index (χ3n) is 10.9. The molecule has 2 aliphatic rings. The standard InChI is InChI=1S/C48H28N2O2/c1-2-10-34(32-24-26-40-38(28-32)36-12-8-18-46-48(36)50(40)42-14-4-6-16-44(42)52-46)33(9-1)30-21-19-29(20-22-30)31-23-25-39-37(27-31)35-11-7-17-45-47(35)49(39)41-13-3-5-15-43(41)51-45/h1-28H. The zero-order chi connectivity index (χ0) is 33.9. The van der Waals surface area contributed by atoms with Gasteiger partial charge < -0.3 is 18.6 Å². The van der Waals surface area contributed by atoms with E-state index in [1.54, 1.807) is 0 Å². The highest BCUT2D eigenvalue weighted by Crippen LogP contribution is 2.48. The molecule has 10 aromatic rings. The van der Waals surface area contributed by atoms with E-state index in [2.05, 4.69) is 155 Å². The van der Waals surface area contributed by atoms with Crippen LogP contribution in [0.3, 0.4) is 0 Å². The maximum absolute atomic E-state index is 6.35. The smallest absolute Gasteiger partial charge is 0.152 e. The Hall–Kier alpha value is -7.04. The van der Waals surface area contributed by atoms with Gasteiger partial charge in [-0.15, -0.1) is 0 Å². The summed E-state index contributed by atoms with van der Waals surface area (Å²) >= 11 is 0. The van der Waals surface area contributed by atoms with E-state index < -0.39 is 0 Å². The lowest BCUT2D eigenvalue weighted by atomic mass is 9.92. The van der Waals surface area contributed by atoms with Gasteiger partial charge in [-0.1, -0.05) is 109 Å². The highest BCUT2D eigenvalue weighted by Gasteiger charge is 2.25. The molecule has 0 atom stereocenters. The van der Waals surface area contributed by atoms with Gasteiger partial charge in [-0.25, -0.2) is 0 Å². The Morgan fingerprint density at radius 3 is 1.35 bits per heavy atom. The van der Waals surface area contributed by atoms with E-state index in [4.69, 9.17) is 9.47 Å². The summed E-state index contributed by atoms with van der Waals surface area (Å²) in [6.07, 6.45) is 0. The second-order valence-electron chi connectivity index (χ2n) is 13.7. The Bertz CT molecular complexity index is 3130. The number of hydrogen-bond donors (Lipinski definition) is 0. The van der Waals surface area contributed by atoms with E-state index >= 15 is 0 Å². The summed E-state index contributed by atoms with van der Waals surface area (Å²) in [5.74, 6) is 3.54. The number of rotatable bonds is 3. The van der Waals surface area contributed by atoms with Gasteiger partial charge in [0, 0.05) is 21.5 Å². The van der Waals surface area contributed by atoms with E-state index in [9.17, 15) is 0 Å². The van der Waals surface area contributed by atoms with Crippen LogP contribution in [0.4, 0.5) is 0 Å². The molecule has 0 fully saturated rings. The molecule has 0 bridgehead atoms. The van der Waals surface area contributed by atoms with Crippen molar-refractivity contribution in [2.75, 3.05) is 0 Å². The molecular formula is C48H28N2O2. The normalized spacial score (nSPS) is 12.5. The average molecular weight is 665 g/mol. The van der Waals surface area contributed by atoms with Crippen LogP contribution < -0.4 is 9.47 Å². The van der Waals surface area contributed by atoms with Crippen molar-refractivity contribution in [1.29, 1.82) is 0 Å². The lowest BCUT2D eigenvalue weighted by molar-refractivity contribution is 0.476. The lowest BCUT2D eigenvalue weighted by Gasteiger charge is -2.20. The van der Waals surface area contributed by atoms with E-state index in [1.807, 2.05) is 24.3 Å². The number of para-hydroxylation sites is 6. The molecule has 4 nitrogen and oxygen atoms in total. The van der Waals surface area contributed by atoms with Crippen molar-refractivity contribution >= 4 is 43.6 Å². The molecular weight excluding hydrogens is 637 g/mol. The molecule has 8 aromatic carbocycles. The third kappa shape index (κ3) is 3.75.